The summed E-state index contributed by atoms with van der Waals surface area (Å²) in [6, 6.07) is 11.5. The van der Waals surface area contributed by atoms with Gasteiger partial charge in [-0.15, -0.1) is 0 Å². The highest BCUT2D eigenvalue weighted by molar-refractivity contribution is 7.99. The van der Waals surface area contributed by atoms with Crippen LogP contribution in [0, 0.1) is 20.8 Å². The van der Waals surface area contributed by atoms with Crippen LogP contribution in [-0.2, 0) is 4.79 Å². The molecule has 0 bridgehead atoms. The van der Waals surface area contributed by atoms with Crippen LogP contribution in [0.3, 0.4) is 0 Å². The Bertz CT molecular complexity index is 1210. The average Bonchev–Trinajstić information content (AvgIpc) is 3.07. The van der Waals surface area contributed by atoms with Gasteiger partial charge in [0.1, 0.15) is 16.9 Å². The molecule has 1 amide bonds. The van der Waals surface area contributed by atoms with Crippen molar-refractivity contribution in [1.82, 2.24) is 9.97 Å². The first-order chi connectivity index (χ1) is 14.0. The Labute approximate surface area is 172 Å². The molecule has 2 aromatic carbocycles. The lowest BCUT2D eigenvalue weighted by atomic mass is 10.1. The van der Waals surface area contributed by atoms with Crippen molar-refractivity contribution in [2.45, 2.75) is 25.9 Å². The van der Waals surface area contributed by atoms with Gasteiger partial charge in [0.25, 0.3) is 0 Å². The summed E-state index contributed by atoms with van der Waals surface area (Å²) in [5.74, 6) is 0.618. The van der Waals surface area contributed by atoms with E-state index in [1.165, 1.54) is 11.8 Å². The topological polar surface area (TPSA) is 77.2 Å². The number of fused-ring (bicyclic) bond motifs is 3. The number of benzene rings is 2. The first-order valence-electron chi connectivity index (χ1n) is 9.20. The van der Waals surface area contributed by atoms with Gasteiger partial charge in [-0.3, -0.25) is 4.79 Å². The summed E-state index contributed by atoms with van der Waals surface area (Å²) >= 11 is 1.31. The van der Waals surface area contributed by atoms with Crippen molar-refractivity contribution in [1.29, 1.82) is 0 Å². The number of para-hydroxylation sites is 1. The molecule has 0 radical (unpaired) electrons. The monoisotopic (exact) mass is 407 g/mol. The number of thioether (sulfide) groups is 1. The van der Waals surface area contributed by atoms with Gasteiger partial charge in [0.2, 0.25) is 5.91 Å². The molecule has 4 rings (SSSR count). The maximum absolute atomic E-state index is 12.5. The molecule has 0 fully saturated rings. The Kier molecular flexibility index (Phi) is 5.15. The van der Waals surface area contributed by atoms with Crippen molar-refractivity contribution in [2.75, 3.05) is 18.2 Å². The summed E-state index contributed by atoms with van der Waals surface area (Å²) < 4.78 is 11.4. The van der Waals surface area contributed by atoms with Crippen LogP contribution in [-0.4, -0.2) is 28.7 Å². The minimum Gasteiger partial charge on any atom is -0.495 e. The summed E-state index contributed by atoms with van der Waals surface area (Å²) in [6.07, 6.45) is 0. The fourth-order valence-corrected chi connectivity index (χ4v) is 3.88. The van der Waals surface area contributed by atoms with Crippen molar-refractivity contribution in [3.8, 4) is 5.75 Å². The first kappa shape index (κ1) is 19.3. The molecule has 2 aromatic heterocycles. The maximum Gasteiger partial charge on any atom is 0.234 e. The van der Waals surface area contributed by atoms with Gasteiger partial charge in [-0.2, -0.15) is 0 Å². The number of rotatable bonds is 5. The van der Waals surface area contributed by atoms with E-state index < -0.39 is 0 Å². The number of hydrogen-bond donors (Lipinski definition) is 1. The average molecular weight is 407 g/mol. The lowest BCUT2D eigenvalue weighted by Crippen LogP contribution is -2.15. The third-order valence-corrected chi connectivity index (χ3v) is 5.76. The largest absolute Gasteiger partial charge is 0.495 e. The van der Waals surface area contributed by atoms with E-state index in [-0.39, 0.29) is 11.7 Å². The van der Waals surface area contributed by atoms with E-state index in [4.69, 9.17) is 9.15 Å². The molecule has 0 aliphatic heterocycles. The molecule has 6 nitrogen and oxygen atoms in total. The molecule has 29 heavy (non-hydrogen) atoms. The molecule has 2 heterocycles. The fraction of sp³-hybridized carbons (Fsp3) is 0.227. The number of carbonyl (C=O) groups is 1. The van der Waals surface area contributed by atoms with Crippen molar-refractivity contribution in [3.63, 3.8) is 0 Å². The number of methoxy groups -OCH3 is 1. The number of aryl methyl sites for hydroxylation is 2. The number of anilines is 1. The molecule has 0 spiro atoms. The lowest BCUT2D eigenvalue weighted by molar-refractivity contribution is -0.113. The Morgan fingerprint density at radius 1 is 1.07 bits per heavy atom. The van der Waals surface area contributed by atoms with Crippen LogP contribution < -0.4 is 10.1 Å². The minimum absolute atomic E-state index is 0.164. The number of amides is 1. The van der Waals surface area contributed by atoms with Crippen molar-refractivity contribution in [2.24, 2.45) is 0 Å². The first-order valence-corrected chi connectivity index (χ1v) is 10.2. The van der Waals surface area contributed by atoms with Crippen LogP contribution in [0.2, 0.25) is 0 Å². The van der Waals surface area contributed by atoms with E-state index in [9.17, 15) is 4.79 Å². The normalized spacial score (nSPS) is 11.2. The molecule has 0 unspecified atom stereocenters. The number of ether oxygens (including phenoxy) is 1. The molecular weight excluding hydrogens is 386 g/mol. The highest BCUT2D eigenvalue weighted by atomic mass is 32.2. The van der Waals surface area contributed by atoms with E-state index in [1.54, 1.807) is 13.2 Å². The summed E-state index contributed by atoms with van der Waals surface area (Å²) in [7, 11) is 1.58. The molecule has 0 aliphatic carbocycles. The minimum atomic E-state index is -0.164. The van der Waals surface area contributed by atoms with E-state index in [0.29, 0.717) is 22.2 Å². The lowest BCUT2D eigenvalue weighted by Gasteiger charge is -2.10. The second kappa shape index (κ2) is 7.75. The second-order valence-corrected chi connectivity index (χ2v) is 7.73. The van der Waals surface area contributed by atoms with Gasteiger partial charge >= 0.3 is 0 Å². The standard InChI is InChI=1S/C22H21N3O3S/c1-12-13(2)23-22(24-14(12)3)29-11-21(26)25-17-10-19-16(9-20(17)27-4)15-7-5-6-8-18(15)28-19/h5-10H,11H2,1-4H3,(H,25,26). The Morgan fingerprint density at radius 3 is 2.52 bits per heavy atom. The van der Waals surface area contributed by atoms with Crippen LogP contribution in [0.5, 0.6) is 5.75 Å². The number of nitrogens with one attached hydrogen (secondary N) is 1. The van der Waals surface area contributed by atoms with Crippen molar-refractivity contribution < 1.29 is 13.9 Å². The molecule has 148 valence electrons. The second-order valence-electron chi connectivity index (χ2n) is 6.79. The van der Waals surface area contributed by atoms with E-state index >= 15 is 0 Å². The van der Waals surface area contributed by atoms with Crippen LogP contribution in [0.1, 0.15) is 17.0 Å². The third kappa shape index (κ3) is 3.78. The predicted molar refractivity (Wildman–Crippen MR) is 116 cm³/mol. The quantitative estimate of drug-likeness (QED) is 0.369. The zero-order chi connectivity index (χ0) is 20.5. The van der Waals surface area contributed by atoms with E-state index in [2.05, 4.69) is 15.3 Å². The number of nitrogens with zero attached hydrogens (tertiary/aromatic N) is 2. The summed E-state index contributed by atoms with van der Waals surface area (Å²) in [5, 5.41) is 5.46. The summed E-state index contributed by atoms with van der Waals surface area (Å²) in [6.45, 7) is 5.88. The smallest absolute Gasteiger partial charge is 0.234 e. The SMILES string of the molecule is COc1cc2c(cc1NC(=O)CSc1nc(C)c(C)c(C)n1)oc1ccccc12. The van der Waals surface area contributed by atoms with E-state index in [0.717, 1.165) is 33.3 Å². The molecular formula is C22H21N3O3S. The van der Waals surface area contributed by atoms with Gasteiger partial charge in [0.15, 0.2) is 5.16 Å². The summed E-state index contributed by atoms with van der Waals surface area (Å²) in [4.78, 5) is 21.4. The third-order valence-electron chi connectivity index (χ3n) is 4.92. The number of carbonyl (C=O) groups excluding carboxylic acids is 1. The van der Waals surface area contributed by atoms with Gasteiger partial charge in [0.05, 0.1) is 18.6 Å². The molecule has 0 atom stereocenters. The van der Waals surface area contributed by atoms with E-state index in [1.807, 2.05) is 51.1 Å². The van der Waals surface area contributed by atoms with Gasteiger partial charge in [0, 0.05) is 28.2 Å². The Hall–Kier alpha value is -3.06. The molecule has 0 saturated carbocycles. The maximum atomic E-state index is 12.5. The highest BCUT2D eigenvalue weighted by Gasteiger charge is 2.15. The molecule has 0 aliphatic rings. The van der Waals surface area contributed by atoms with Crippen LogP contribution in [0.15, 0.2) is 46.0 Å². The molecule has 4 aromatic rings. The fourth-order valence-electron chi connectivity index (χ4n) is 3.14. The van der Waals surface area contributed by atoms with Crippen LogP contribution >= 0.6 is 11.8 Å². The number of furan rings is 1. The van der Waals surface area contributed by atoms with Gasteiger partial charge < -0.3 is 14.5 Å². The van der Waals surface area contributed by atoms with Crippen molar-refractivity contribution in [3.05, 3.63) is 53.3 Å². The molecule has 1 N–H and O–H groups in total. The number of hydrogen-bond acceptors (Lipinski definition) is 6. The summed E-state index contributed by atoms with van der Waals surface area (Å²) in [5.41, 5.74) is 4.99. The molecule has 0 saturated heterocycles. The van der Waals surface area contributed by atoms with Crippen LogP contribution in [0.4, 0.5) is 5.69 Å². The Morgan fingerprint density at radius 2 is 1.79 bits per heavy atom. The van der Waals surface area contributed by atoms with Gasteiger partial charge in [-0.1, -0.05) is 30.0 Å². The zero-order valence-electron chi connectivity index (χ0n) is 16.7. The van der Waals surface area contributed by atoms with Crippen LogP contribution in [0.25, 0.3) is 21.9 Å². The zero-order valence-corrected chi connectivity index (χ0v) is 17.5. The van der Waals surface area contributed by atoms with Crippen molar-refractivity contribution >= 4 is 45.3 Å². The predicted octanol–water partition coefficient (Wildman–Crippen LogP) is 5.04. The van der Waals surface area contributed by atoms with Gasteiger partial charge in [-0.05, 0) is 38.5 Å². The molecule has 7 heteroatoms. The Balaban J connectivity index is 1.55. The number of aromatic nitrogens is 2. The van der Waals surface area contributed by atoms with Gasteiger partial charge in [-0.25, -0.2) is 9.97 Å². The highest BCUT2D eigenvalue weighted by Crippen LogP contribution is 2.36.